The molecule has 41 nitrogen and oxygen atoms in total. The van der Waals surface area contributed by atoms with Gasteiger partial charge in [0.1, 0.15) is 0 Å². The zero-order valence-electron chi connectivity index (χ0n) is 32.0. The Labute approximate surface area is 770 Å². The third-order valence-electron chi connectivity index (χ3n) is 0. The zero-order chi connectivity index (χ0) is 0. The molecule has 0 amide bonds. The summed E-state index contributed by atoms with van der Waals surface area (Å²) in [6, 6.07) is 0. The first-order chi connectivity index (χ1) is 0. The molecule has 0 saturated heterocycles. The van der Waals surface area contributed by atoms with Gasteiger partial charge in [-0.1, -0.05) is 0 Å². The molecule has 0 aromatic carbocycles. The molecule has 408 valence electrons. The van der Waals surface area contributed by atoms with Crippen molar-refractivity contribution in [3.63, 3.8) is 0 Å². The standard InChI is InChI=1S/B.6K.41H2O.V.11W/h;;;;;;;41*1H2;;;;;;;;;;;;. The monoisotopic (exact) mass is 3060 g/mol. The van der Waals surface area contributed by atoms with Gasteiger partial charge in [-0.3, -0.25) is 0 Å². The predicted octanol–water partition coefficient (Wildman–Crippen LogP) is -36.5. The Morgan fingerprint density at radius 1 is 0.0833 bits per heavy atom. The van der Waals surface area contributed by atoms with Crippen LogP contribution < -0.4 is 0 Å². The normalized spacial score (nSPS) is 0. The minimum absolute atomic E-state index is 0. The summed E-state index contributed by atoms with van der Waals surface area (Å²) in [5.41, 5.74) is 0. The van der Waals surface area contributed by atoms with Crippen LogP contribution in [0.2, 0.25) is 0 Å². The van der Waals surface area contributed by atoms with E-state index in [0.717, 1.165) is 0 Å². The van der Waals surface area contributed by atoms with Crippen molar-refractivity contribution in [2.45, 2.75) is 0 Å². The van der Waals surface area contributed by atoms with Gasteiger partial charge in [0.25, 0.3) is 0 Å². The van der Waals surface area contributed by atoms with Gasteiger partial charge in [-0.15, -0.1) is 0 Å². The molecule has 0 aliphatic rings. The zero-order valence-corrected chi connectivity index (χ0v) is 84.4. The van der Waals surface area contributed by atoms with E-state index < -0.39 is 0 Å². The van der Waals surface area contributed by atoms with Crippen LogP contribution in [0, 0.1) is 0 Å². The van der Waals surface area contributed by atoms with Crippen LogP contribution in [-0.4, -0.2) is 541 Å². The Morgan fingerprint density at radius 2 is 0.0833 bits per heavy atom. The van der Waals surface area contributed by atoms with Gasteiger partial charge < -0.3 is 225 Å². The topological polar surface area (TPSA) is 1290 Å². The summed E-state index contributed by atoms with van der Waals surface area (Å²) in [4.78, 5) is 0. The summed E-state index contributed by atoms with van der Waals surface area (Å²) in [5.74, 6) is 0. The van der Waals surface area contributed by atoms with E-state index in [-0.39, 0.29) is 792 Å². The van der Waals surface area contributed by atoms with E-state index in [0.29, 0.717) is 0 Å². The molecule has 0 atom stereocenters. The third-order valence-corrected chi connectivity index (χ3v) is 0. The fraction of sp³-hybridized carbons (Fsp3) is 0. The Kier molecular flexibility index (Phi) is 41800. The smallest absolute Gasteiger partial charge is 0 e. The van der Waals surface area contributed by atoms with E-state index in [4.69, 9.17) is 0 Å². The first-order valence-corrected chi connectivity index (χ1v) is 0. The van der Waals surface area contributed by atoms with Crippen molar-refractivity contribution in [3.05, 3.63) is 0 Å². The van der Waals surface area contributed by atoms with Gasteiger partial charge in [0.05, 0.1) is 0 Å². The Hall–Kier alpha value is 16.4. The van der Waals surface area contributed by atoms with Crippen molar-refractivity contribution in [1.29, 1.82) is 0 Å². The van der Waals surface area contributed by atoms with Crippen LogP contribution in [0.15, 0.2) is 0 Å². The van der Waals surface area contributed by atoms with Crippen LogP contribution in [0.1, 0.15) is 0 Å². The van der Waals surface area contributed by atoms with Gasteiger partial charge in [-0.05, 0) is 0 Å². The minimum atomic E-state index is 0. The van der Waals surface area contributed by atoms with E-state index in [1.165, 1.54) is 0 Å². The Balaban J connectivity index is 0. The second kappa shape index (κ2) is 1550. The van der Waals surface area contributed by atoms with Crippen LogP contribution in [0.5, 0.6) is 0 Å². The molecule has 0 aliphatic carbocycles. The summed E-state index contributed by atoms with van der Waals surface area (Å²) in [5, 5.41) is 0. The minimum Gasteiger partial charge on any atom is -0.412 e. The SMILES string of the molecule is O.O.O.O.O.O.O.O.O.O.O.O.O.O.O.O.O.O.O.O.O.O.O.O.O.O.O.O.O.O.O.O.O.O.O.O.O.O.O.O.O.[B].[K].[K].[K].[K].[K].[K].[V].[W].[W].[W].[W].[W].[W].[W].[W].[W].[W].[W]. The summed E-state index contributed by atoms with van der Waals surface area (Å²) in [6.07, 6.45) is 0. The molecule has 0 rings (SSSR count). The van der Waals surface area contributed by atoms with Crippen LogP contribution in [-0.2, 0) is 250 Å². The quantitative estimate of drug-likeness (QED) is 0.204. The molecule has 82 N–H and O–H groups in total. The van der Waals surface area contributed by atoms with E-state index in [9.17, 15) is 0 Å². The average Bonchev–Trinajstić information content (AvgIpc) is 0. The van der Waals surface area contributed by atoms with Gasteiger partial charge in [0.2, 0.25) is 0 Å². The Morgan fingerprint density at radius 3 is 0.0833 bits per heavy atom. The first-order valence-electron chi connectivity index (χ1n) is 0. The fourth-order valence-electron chi connectivity index (χ4n) is 0. The molecule has 0 heterocycles. The third kappa shape index (κ3) is 1490. The molecule has 0 bridgehead atoms. The first kappa shape index (κ1) is 1620. The van der Waals surface area contributed by atoms with Gasteiger partial charge in [-0.25, -0.2) is 0 Å². The molecule has 60 heteroatoms. The number of rotatable bonds is 0. The van der Waals surface area contributed by atoms with Crippen molar-refractivity contribution in [2.75, 3.05) is 0 Å². The van der Waals surface area contributed by atoms with Crippen molar-refractivity contribution >= 4 is 317 Å². The van der Waals surface area contributed by atoms with Crippen molar-refractivity contribution in [1.82, 2.24) is 0 Å². The average molecular weight is 3060 g/mol. The van der Waals surface area contributed by atoms with Crippen molar-refractivity contribution in [2.24, 2.45) is 0 Å². The van der Waals surface area contributed by atoms with E-state index in [1.54, 1.807) is 0 Å². The van der Waals surface area contributed by atoms with E-state index >= 15 is 0 Å². The molecular weight excluding hydrogens is 2970 g/mol. The molecule has 0 aliphatic heterocycles. The molecule has 0 unspecified atom stereocenters. The van der Waals surface area contributed by atoms with Crippen LogP contribution in [0.3, 0.4) is 0 Å². The van der Waals surface area contributed by atoms with Crippen molar-refractivity contribution < 1.29 is 475 Å². The fourth-order valence-corrected chi connectivity index (χ4v) is 0. The van der Waals surface area contributed by atoms with Gasteiger partial charge in [-0.2, -0.15) is 0 Å². The maximum Gasteiger partial charge on any atom is 0 e. The predicted molar refractivity (Wildman–Crippen MR) is 188 cm³/mol. The molecule has 60 heavy (non-hydrogen) atoms. The van der Waals surface area contributed by atoms with Gasteiger partial charge in [0.15, 0.2) is 0 Å². The van der Waals surface area contributed by atoms with Gasteiger partial charge >= 0.3 is 0 Å². The molecule has 0 aromatic heterocycles. The molecule has 0 fully saturated rings. The number of hydrogen-bond acceptors (Lipinski definition) is 0. The van der Waals surface area contributed by atoms with Crippen LogP contribution >= 0.6 is 0 Å². The summed E-state index contributed by atoms with van der Waals surface area (Å²) < 4.78 is 0. The Bertz CT molecular complexity index is 81.2. The molecule has 10 radical (unpaired) electrons. The molecule has 0 spiro atoms. The molecule has 0 aromatic rings. The summed E-state index contributed by atoms with van der Waals surface area (Å²) in [7, 11) is 0. The maximum atomic E-state index is 0. The second-order valence-corrected chi connectivity index (χ2v) is 0. The largest absolute Gasteiger partial charge is 0.412 e. The van der Waals surface area contributed by atoms with Crippen molar-refractivity contribution in [3.8, 4) is 0 Å². The van der Waals surface area contributed by atoms with E-state index in [1.807, 2.05) is 0 Å². The van der Waals surface area contributed by atoms with Crippen LogP contribution in [0.4, 0.5) is 0 Å². The molecular formula is H82BK6O41VW11. The summed E-state index contributed by atoms with van der Waals surface area (Å²) in [6.45, 7) is 0. The second-order valence-electron chi connectivity index (χ2n) is 0. The van der Waals surface area contributed by atoms with E-state index in [2.05, 4.69) is 0 Å². The maximum absolute atomic E-state index is 0. The van der Waals surface area contributed by atoms with Gasteiger partial charge in [0, 0.05) is 567 Å². The number of hydrogen-bond donors (Lipinski definition) is 0. The summed E-state index contributed by atoms with van der Waals surface area (Å²) >= 11 is 0. The molecule has 0 saturated carbocycles. The van der Waals surface area contributed by atoms with Crippen LogP contribution in [0.25, 0.3) is 0 Å².